The van der Waals surface area contributed by atoms with E-state index in [-0.39, 0.29) is 22.4 Å². The number of imidazole rings is 1. The second-order valence-corrected chi connectivity index (χ2v) is 8.38. The molecule has 1 aliphatic rings. The lowest BCUT2D eigenvalue weighted by atomic mass is 10.1. The summed E-state index contributed by atoms with van der Waals surface area (Å²) < 4.78 is 72.8. The van der Waals surface area contributed by atoms with Crippen molar-refractivity contribution in [3.05, 3.63) is 53.7 Å². The number of fused-ring (bicyclic) bond motifs is 1. The van der Waals surface area contributed by atoms with Crippen LogP contribution in [0.2, 0.25) is 0 Å². The van der Waals surface area contributed by atoms with Crippen molar-refractivity contribution >= 4 is 21.5 Å². The SMILES string of the molecule is NS(=O)(=O)OC[C@H]1O[C@@H](n2cnc3c(C#Cc4ccccc4C(F)(F)F)ncnc32)[C@H](O)[C@@H]1O. The van der Waals surface area contributed by atoms with Crippen LogP contribution >= 0.6 is 0 Å². The van der Waals surface area contributed by atoms with Crippen LogP contribution in [0.3, 0.4) is 0 Å². The molecule has 4 atom stereocenters. The molecular weight excluding hydrogens is 483 g/mol. The molecule has 2 aromatic heterocycles. The molecule has 0 radical (unpaired) electrons. The second kappa shape index (κ2) is 8.91. The van der Waals surface area contributed by atoms with E-state index < -0.39 is 53.2 Å². The Morgan fingerprint density at radius 1 is 1.15 bits per heavy atom. The van der Waals surface area contributed by atoms with E-state index in [0.29, 0.717) is 0 Å². The highest BCUT2D eigenvalue weighted by molar-refractivity contribution is 7.84. The first-order valence-corrected chi connectivity index (χ1v) is 11.0. The summed E-state index contributed by atoms with van der Waals surface area (Å²) in [6.07, 6.45) is -7.81. The monoisotopic (exact) mass is 499 g/mol. The molecule has 0 unspecified atom stereocenters. The van der Waals surface area contributed by atoms with E-state index in [4.69, 9.17) is 9.88 Å². The summed E-state index contributed by atoms with van der Waals surface area (Å²) in [7, 11) is -4.30. The molecule has 3 aromatic rings. The average Bonchev–Trinajstić information content (AvgIpc) is 3.31. The van der Waals surface area contributed by atoms with Gasteiger partial charge in [-0.2, -0.15) is 21.6 Å². The largest absolute Gasteiger partial charge is 0.417 e. The van der Waals surface area contributed by atoms with Gasteiger partial charge in [0.15, 0.2) is 11.9 Å². The zero-order valence-corrected chi connectivity index (χ0v) is 17.7. The van der Waals surface area contributed by atoms with Gasteiger partial charge in [-0.15, -0.1) is 0 Å². The van der Waals surface area contributed by atoms with Crippen LogP contribution in [0.25, 0.3) is 11.2 Å². The summed E-state index contributed by atoms with van der Waals surface area (Å²) in [4.78, 5) is 12.1. The molecule has 11 nitrogen and oxygen atoms in total. The van der Waals surface area contributed by atoms with Crippen LogP contribution in [0.5, 0.6) is 0 Å². The number of nitrogens with two attached hydrogens (primary N) is 1. The normalized spacial score (nSPS) is 23.1. The van der Waals surface area contributed by atoms with E-state index in [9.17, 15) is 31.8 Å². The molecule has 15 heteroatoms. The summed E-state index contributed by atoms with van der Waals surface area (Å²) in [5.74, 6) is 5.00. The van der Waals surface area contributed by atoms with Crippen molar-refractivity contribution in [1.82, 2.24) is 19.5 Å². The number of nitrogens with zero attached hydrogens (tertiary/aromatic N) is 4. The summed E-state index contributed by atoms with van der Waals surface area (Å²) >= 11 is 0. The molecule has 4 N–H and O–H groups in total. The van der Waals surface area contributed by atoms with Crippen LogP contribution in [0, 0.1) is 11.8 Å². The van der Waals surface area contributed by atoms with Crippen molar-refractivity contribution in [3.63, 3.8) is 0 Å². The van der Waals surface area contributed by atoms with Crippen LogP contribution in [0.4, 0.5) is 13.2 Å². The molecule has 1 aliphatic heterocycles. The maximum absolute atomic E-state index is 13.2. The number of benzene rings is 1. The van der Waals surface area contributed by atoms with Crippen LogP contribution in [0.15, 0.2) is 36.9 Å². The van der Waals surface area contributed by atoms with Gasteiger partial charge in [0, 0.05) is 5.56 Å². The second-order valence-electron chi connectivity index (χ2n) is 7.16. The van der Waals surface area contributed by atoms with E-state index in [1.807, 2.05) is 0 Å². The minimum atomic E-state index is -4.59. The van der Waals surface area contributed by atoms with Crippen LogP contribution in [-0.2, 0) is 25.4 Å². The van der Waals surface area contributed by atoms with Gasteiger partial charge in [0.2, 0.25) is 0 Å². The highest BCUT2D eigenvalue weighted by atomic mass is 32.2. The fraction of sp³-hybridized carbons (Fsp3) is 0.316. The van der Waals surface area contributed by atoms with Crippen molar-refractivity contribution < 1.29 is 40.7 Å². The van der Waals surface area contributed by atoms with Crippen molar-refractivity contribution in [2.24, 2.45) is 5.14 Å². The Hall–Kier alpha value is -3.13. The molecule has 1 aromatic carbocycles. The Morgan fingerprint density at radius 3 is 2.59 bits per heavy atom. The van der Waals surface area contributed by atoms with E-state index in [2.05, 4.69) is 31.0 Å². The molecular formula is C19H16F3N5O6S. The molecule has 4 rings (SSSR count). The van der Waals surface area contributed by atoms with Gasteiger partial charge in [-0.3, -0.25) is 8.75 Å². The number of aromatic nitrogens is 4. The molecule has 0 bridgehead atoms. The topological polar surface area (TPSA) is 163 Å². The quantitative estimate of drug-likeness (QED) is 0.422. The van der Waals surface area contributed by atoms with Gasteiger partial charge in [0.25, 0.3) is 0 Å². The molecule has 0 spiro atoms. The smallest absolute Gasteiger partial charge is 0.387 e. The molecule has 1 saturated heterocycles. The molecule has 0 aliphatic carbocycles. The zero-order valence-electron chi connectivity index (χ0n) is 16.9. The lowest BCUT2D eigenvalue weighted by Gasteiger charge is -2.16. The van der Waals surface area contributed by atoms with Gasteiger partial charge < -0.3 is 14.9 Å². The molecule has 3 heterocycles. The number of ether oxygens (including phenoxy) is 1. The van der Waals surface area contributed by atoms with Crippen molar-refractivity contribution in [1.29, 1.82) is 0 Å². The van der Waals surface area contributed by atoms with Crippen molar-refractivity contribution in [3.8, 4) is 11.8 Å². The van der Waals surface area contributed by atoms with Gasteiger partial charge in [-0.1, -0.05) is 18.1 Å². The van der Waals surface area contributed by atoms with Gasteiger partial charge in [0.05, 0.1) is 18.5 Å². The Labute approximate surface area is 190 Å². The number of aliphatic hydroxyl groups excluding tert-OH is 2. The zero-order chi connectivity index (χ0) is 24.7. The fourth-order valence-electron chi connectivity index (χ4n) is 3.35. The number of halogens is 3. The third-order valence-electron chi connectivity index (χ3n) is 4.91. The Bertz CT molecular complexity index is 1380. The lowest BCUT2D eigenvalue weighted by molar-refractivity contribution is -0.137. The van der Waals surface area contributed by atoms with E-state index in [1.165, 1.54) is 29.1 Å². The average molecular weight is 499 g/mol. The standard InChI is InChI=1S/C19H16F3N5O6S/c20-19(21,22)11-4-2-1-3-10(11)5-6-12-14-17(25-8-24-12)27(9-26-14)18-16(29)15(28)13(33-18)7-32-34(23,30)31/h1-4,8-9,13,15-16,18,28-29H,7H2,(H2,23,30,31)/t13-,15-,16-,18-/m1/s1. The molecule has 34 heavy (non-hydrogen) atoms. The van der Waals surface area contributed by atoms with Gasteiger partial charge in [-0.05, 0) is 18.1 Å². The molecule has 1 fully saturated rings. The molecule has 180 valence electrons. The van der Waals surface area contributed by atoms with Crippen LogP contribution in [0.1, 0.15) is 23.0 Å². The highest BCUT2D eigenvalue weighted by Gasteiger charge is 2.45. The molecule has 0 saturated carbocycles. The number of hydrogen-bond donors (Lipinski definition) is 3. The minimum Gasteiger partial charge on any atom is -0.387 e. The Morgan fingerprint density at radius 2 is 1.88 bits per heavy atom. The summed E-state index contributed by atoms with van der Waals surface area (Å²) in [5, 5.41) is 25.3. The first-order chi connectivity index (χ1) is 16.0. The first kappa shape index (κ1) is 24.0. The first-order valence-electron chi connectivity index (χ1n) is 9.50. The van der Waals surface area contributed by atoms with Gasteiger partial charge in [0.1, 0.15) is 35.8 Å². The Kier molecular flexibility index (Phi) is 6.29. The molecule has 0 amide bonds. The lowest BCUT2D eigenvalue weighted by Crippen LogP contribution is -2.35. The highest BCUT2D eigenvalue weighted by Crippen LogP contribution is 2.33. The van der Waals surface area contributed by atoms with E-state index >= 15 is 0 Å². The number of hydrogen-bond acceptors (Lipinski definition) is 9. The number of alkyl halides is 3. The maximum atomic E-state index is 13.2. The van der Waals surface area contributed by atoms with Gasteiger partial charge >= 0.3 is 16.5 Å². The summed E-state index contributed by atoms with van der Waals surface area (Å²) in [5.41, 5.74) is -0.927. The number of rotatable bonds is 4. The third-order valence-corrected chi connectivity index (χ3v) is 5.38. The predicted octanol–water partition coefficient (Wildman–Crippen LogP) is 0.0842. The van der Waals surface area contributed by atoms with Crippen molar-refractivity contribution in [2.45, 2.75) is 30.7 Å². The maximum Gasteiger partial charge on any atom is 0.417 e. The minimum absolute atomic E-state index is 0.0165. The van der Waals surface area contributed by atoms with Crippen LogP contribution in [-0.4, -0.2) is 63.1 Å². The predicted molar refractivity (Wildman–Crippen MR) is 108 cm³/mol. The van der Waals surface area contributed by atoms with Crippen LogP contribution < -0.4 is 5.14 Å². The Balaban J connectivity index is 1.65. The van der Waals surface area contributed by atoms with E-state index in [0.717, 1.165) is 12.4 Å². The van der Waals surface area contributed by atoms with Gasteiger partial charge in [-0.25, -0.2) is 20.1 Å². The third kappa shape index (κ3) is 4.87. The summed E-state index contributed by atoms with van der Waals surface area (Å²) in [6.45, 7) is -0.648. The van der Waals surface area contributed by atoms with Crippen molar-refractivity contribution in [2.75, 3.05) is 6.61 Å². The fourth-order valence-corrected chi connectivity index (χ4v) is 3.68. The van der Waals surface area contributed by atoms with E-state index in [1.54, 1.807) is 0 Å². The summed E-state index contributed by atoms with van der Waals surface area (Å²) in [6, 6.07) is 4.81. The number of aliphatic hydroxyl groups is 2.